The Morgan fingerprint density at radius 1 is 1.00 bits per heavy atom. The minimum atomic E-state index is -0.0793. The van der Waals surface area contributed by atoms with Gasteiger partial charge in [-0.05, 0) is 38.5 Å². The van der Waals surface area contributed by atoms with E-state index in [0.29, 0.717) is 18.2 Å². The maximum Gasteiger partial charge on any atom is 0.0731 e. The molecular weight excluding hydrogens is 190 g/mol. The fourth-order valence-corrected chi connectivity index (χ4v) is 3.68. The fourth-order valence-electron chi connectivity index (χ4n) is 3.68. The van der Waals surface area contributed by atoms with Gasteiger partial charge in [-0.25, -0.2) is 0 Å². The Morgan fingerprint density at radius 2 is 1.80 bits per heavy atom. The van der Waals surface area contributed by atoms with Crippen molar-refractivity contribution in [2.75, 3.05) is 13.2 Å². The van der Waals surface area contributed by atoms with Gasteiger partial charge in [-0.15, -0.1) is 0 Å². The minimum Gasteiger partial charge on any atom is -0.391 e. The third kappa shape index (κ3) is 1.71. The molecule has 0 amide bonds. The smallest absolute Gasteiger partial charge is 0.0731 e. The molecule has 86 valence electrons. The number of hydrogen-bond acceptors (Lipinski definition) is 3. The van der Waals surface area contributed by atoms with Crippen LogP contribution in [0.15, 0.2) is 0 Å². The summed E-state index contributed by atoms with van der Waals surface area (Å²) >= 11 is 0. The van der Waals surface area contributed by atoms with Crippen LogP contribution < -0.4 is 0 Å². The first-order chi connectivity index (χ1) is 7.36. The largest absolute Gasteiger partial charge is 0.391 e. The highest BCUT2D eigenvalue weighted by molar-refractivity contribution is 4.96. The average Bonchev–Trinajstić information content (AvgIpc) is 2.85. The van der Waals surface area contributed by atoms with Crippen molar-refractivity contribution in [2.24, 2.45) is 0 Å². The quantitative estimate of drug-likeness (QED) is 0.706. The molecule has 3 heteroatoms. The van der Waals surface area contributed by atoms with Gasteiger partial charge >= 0.3 is 0 Å². The van der Waals surface area contributed by atoms with Crippen LogP contribution in [0.3, 0.4) is 0 Å². The van der Waals surface area contributed by atoms with E-state index in [1.807, 2.05) is 0 Å². The summed E-state index contributed by atoms with van der Waals surface area (Å²) in [6.07, 6.45) is 7.56. The number of nitrogens with zero attached hydrogens (tertiary/aromatic N) is 1. The highest BCUT2D eigenvalue weighted by Gasteiger charge is 2.42. The summed E-state index contributed by atoms with van der Waals surface area (Å²) in [5.74, 6) is 0. The van der Waals surface area contributed by atoms with Gasteiger partial charge in [0, 0.05) is 18.6 Å². The van der Waals surface area contributed by atoms with Crippen molar-refractivity contribution in [3.8, 4) is 0 Å². The van der Waals surface area contributed by atoms with E-state index in [9.17, 15) is 5.11 Å². The lowest BCUT2D eigenvalue weighted by molar-refractivity contribution is -0.0858. The van der Waals surface area contributed by atoms with Gasteiger partial charge in [0.25, 0.3) is 0 Å². The van der Waals surface area contributed by atoms with E-state index in [1.54, 1.807) is 0 Å². The summed E-state index contributed by atoms with van der Waals surface area (Å²) < 4.78 is 5.80. The van der Waals surface area contributed by atoms with Crippen molar-refractivity contribution in [2.45, 2.75) is 62.8 Å². The van der Waals surface area contributed by atoms with Crippen LogP contribution in [0.25, 0.3) is 0 Å². The van der Waals surface area contributed by atoms with Gasteiger partial charge in [-0.3, -0.25) is 4.90 Å². The number of rotatable bonds is 1. The molecule has 1 saturated heterocycles. The first-order valence-electron chi connectivity index (χ1n) is 6.41. The van der Waals surface area contributed by atoms with E-state index < -0.39 is 0 Å². The molecule has 3 fully saturated rings. The van der Waals surface area contributed by atoms with Crippen molar-refractivity contribution in [3.63, 3.8) is 0 Å². The van der Waals surface area contributed by atoms with Crippen LogP contribution >= 0.6 is 0 Å². The zero-order chi connectivity index (χ0) is 10.3. The first kappa shape index (κ1) is 10.1. The van der Waals surface area contributed by atoms with Crippen LogP contribution in [-0.2, 0) is 4.74 Å². The van der Waals surface area contributed by atoms with Gasteiger partial charge in [0.15, 0.2) is 0 Å². The SMILES string of the molecule is OC1CCCC1N1CCOC2CCCC21. The fraction of sp³-hybridized carbons (Fsp3) is 1.00. The highest BCUT2D eigenvalue weighted by atomic mass is 16.5. The average molecular weight is 211 g/mol. The van der Waals surface area contributed by atoms with Crippen molar-refractivity contribution in [1.29, 1.82) is 0 Å². The lowest BCUT2D eigenvalue weighted by atomic mass is 10.1. The Hall–Kier alpha value is -0.120. The molecule has 4 atom stereocenters. The molecule has 1 aliphatic heterocycles. The molecule has 2 saturated carbocycles. The maximum atomic E-state index is 9.98. The monoisotopic (exact) mass is 211 g/mol. The third-order valence-electron chi connectivity index (χ3n) is 4.40. The van der Waals surface area contributed by atoms with Crippen molar-refractivity contribution < 1.29 is 9.84 Å². The molecule has 3 nitrogen and oxygen atoms in total. The van der Waals surface area contributed by atoms with Gasteiger partial charge in [-0.1, -0.05) is 0 Å². The van der Waals surface area contributed by atoms with Crippen LogP contribution in [-0.4, -0.2) is 47.4 Å². The molecule has 3 rings (SSSR count). The second-order valence-corrected chi connectivity index (χ2v) is 5.21. The zero-order valence-corrected chi connectivity index (χ0v) is 9.27. The Kier molecular flexibility index (Phi) is 2.71. The van der Waals surface area contributed by atoms with Gasteiger partial charge in [-0.2, -0.15) is 0 Å². The van der Waals surface area contributed by atoms with Gasteiger partial charge in [0.1, 0.15) is 0 Å². The molecule has 0 bridgehead atoms. The number of hydrogen-bond donors (Lipinski definition) is 1. The van der Waals surface area contributed by atoms with Crippen molar-refractivity contribution in [1.82, 2.24) is 4.90 Å². The molecule has 4 unspecified atom stereocenters. The van der Waals surface area contributed by atoms with E-state index in [-0.39, 0.29) is 6.10 Å². The first-order valence-corrected chi connectivity index (χ1v) is 6.41. The molecule has 0 radical (unpaired) electrons. The molecular formula is C12H21NO2. The van der Waals surface area contributed by atoms with Crippen LogP contribution in [0.2, 0.25) is 0 Å². The summed E-state index contributed by atoms with van der Waals surface area (Å²) in [5.41, 5.74) is 0. The second-order valence-electron chi connectivity index (χ2n) is 5.21. The summed E-state index contributed by atoms with van der Waals surface area (Å²) in [4.78, 5) is 2.55. The van der Waals surface area contributed by atoms with Gasteiger partial charge in [0.05, 0.1) is 18.8 Å². The Morgan fingerprint density at radius 3 is 2.60 bits per heavy atom. The third-order valence-corrected chi connectivity index (χ3v) is 4.40. The Balaban J connectivity index is 1.73. The zero-order valence-electron chi connectivity index (χ0n) is 9.27. The molecule has 0 spiro atoms. The minimum absolute atomic E-state index is 0.0793. The molecule has 0 aromatic carbocycles. The summed E-state index contributed by atoms with van der Waals surface area (Å²) in [7, 11) is 0. The Bertz CT molecular complexity index is 230. The van der Waals surface area contributed by atoms with Crippen LogP contribution in [0, 0.1) is 0 Å². The molecule has 3 aliphatic rings. The molecule has 0 aromatic rings. The predicted octanol–water partition coefficient (Wildman–Crippen LogP) is 1.15. The van der Waals surface area contributed by atoms with E-state index in [1.165, 1.54) is 32.1 Å². The van der Waals surface area contributed by atoms with Crippen molar-refractivity contribution in [3.05, 3.63) is 0 Å². The number of fused-ring (bicyclic) bond motifs is 1. The Labute approximate surface area is 91.4 Å². The van der Waals surface area contributed by atoms with E-state index in [2.05, 4.69) is 4.90 Å². The maximum absolute atomic E-state index is 9.98. The second kappa shape index (κ2) is 4.04. The van der Waals surface area contributed by atoms with E-state index in [0.717, 1.165) is 19.6 Å². The van der Waals surface area contributed by atoms with E-state index in [4.69, 9.17) is 4.74 Å². The molecule has 15 heavy (non-hydrogen) atoms. The topological polar surface area (TPSA) is 32.7 Å². The number of morpholine rings is 1. The lowest BCUT2D eigenvalue weighted by Crippen LogP contribution is -2.55. The van der Waals surface area contributed by atoms with Crippen LogP contribution in [0.4, 0.5) is 0 Å². The number of aliphatic hydroxyl groups is 1. The van der Waals surface area contributed by atoms with Crippen LogP contribution in [0.5, 0.6) is 0 Å². The molecule has 2 aliphatic carbocycles. The summed E-state index contributed by atoms with van der Waals surface area (Å²) in [6, 6.07) is 1.04. The molecule has 1 N–H and O–H groups in total. The van der Waals surface area contributed by atoms with Gasteiger partial charge in [0.2, 0.25) is 0 Å². The van der Waals surface area contributed by atoms with Gasteiger partial charge < -0.3 is 9.84 Å². The summed E-state index contributed by atoms with van der Waals surface area (Å²) in [6.45, 7) is 1.90. The van der Waals surface area contributed by atoms with E-state index >= 15 is 0 Å². The van der Waals surface area contributed by atoms with Crippen LogP contribution in [0.1, 0.15) is 38.5 Å². The van der Waals surface area contributed by atoms with Crippen molar-refractivity contribution >= 4 is 0 Å². The predicted molar refractivity (Wildman–Crippen MR) is 57.7 cm³/mol. The normalized spacial score (nSPS) is 47.0. The lowest BCUT2D eigenvalue weighted by Gasteiger charge is -2.42. The summed E-state index contributed by atoms with van der Waals surface area (Å²) in [5, 5.41) is 9.98. The number of ether oxygens (including phenoxy) is 1. The number of aliphatic hydroxyl groups excluding tert-OH is 1. The molecule has 0 aromatic heterocycles. The molecule has 1 heterocycles. The highest BCUT2D eigenvalue weighted by Crippen LogP contribution is 2.35. The standard InChI is InChI=1S/C12H21NO2/c14-11-5-1-3-9(11)13-7-8-15-12-6-2-4-10(12)13/h9-12,14H,1-8H2.